The highest BCUT2D eigenvalue weighted by Gasteiger charge is 2.18. The van der Waals surface area contributed by atoms with Gasteiger partial charge in [-0.2, -0.15) is 0 Å². The van der Waals surface area contributed by atoms with E-state index < -0.39 is 0 Å². The van der Waals surface area contributed by atoms with E-state index >= 15 is 0 Å². The first-order valence-corrected chi connectivity index (χ1v) is 6.56. The highest BCUT2D eigenvalue weighted by molar-refractivity contribution is 5.76. The molecule has 0 aliphatic carbocycles. The maximum absolute atomic E-state index is 12.3. The highest BCUT2D eigenvalue weighted by Crippen LogP contribution is 2.06. The van der Waals surface area contributed by atoms with E-state index in [1.165, 1.54) is 22.9 Å². The summed E-state index contributed by atoms with van der Waals surface area (Å²) in [6.07, 6.45) is 1.51. The molecule has 1 amide bonds. The molecule has 0 saturated carbocycles. The van der Waals surface area contributed by atoms with Crippen molar-refractivity contribution in [2.24, 2.45) is 5.92 Å². The van der Waals surface area contributed by atoms with Gasteiger partial charge in [0, 0.05) is 30.5 Å². The fraction of sp³-hybridized carbons (Fsp3) is 0.571. The Labute approximate surface area is 114 Å². The minimum absolute atomic E-state index is 0.0365. The van der Waals surface area contributed by atoms with Gasteiger partial charge in [0.2, 0.25) is 5.91 Å². The molecule has 0 atom stereocenters. The average Bonchev–Trinajstić information content (AvgIpc) is 2.30. The van der Waals surface area contributed by atoms with Gasteiger partial charge in [-0.1, -0.05) is 13.8 Å². The molecular weight excluding hydrogens is 242 g/mol. The summed E-state index contributed by atoms with van der Waals surface area (Å²) in [7, 11) is 0. The van der Waals surface area contributed by atoms with E-state index in [0.29, 0.717) is 18.2 Å². The van der Waals surface area contributed by atoms with Crippen molar-refractivity contribution >= 4 is 11.6 Å². The molecule has 19 heavy (non-hydrogen) atoms. The van der Waals surface area contributed by atoms with Crippen molar-refractivity contribution < 1.29 is 4.79 Å². The second kappa shape index (κ2) is 6.41. The molecule has 0 bridgehead atoms. The fourth-order valence-electron chi connectivity index (χ4n) is 1.90. The lowest BCUT2D eigenvalue weighted by Crippen LogP contribution is -2.42. The number of nitrogen functional groups attached to an aromatic ring is 1. The highest BCUT2D eigenvalue weighted by atomic mass is 16.2. The Bertz CT molecular complexity index is 492. The van der Waals surface area contributed by atoms with E-state index in [1.807, 2.05) is 13.8 Å². The summed E-state index contributed by atoms with van der Waals surface area (Å²) in [5.74, 6) is 0.334. The number of carbonyl (C=O) groups is 1. The molecule has 106 valence electrons. The molecule has 0 aliphatic heterocycles. The molecule has 1 heterocycles. The van der Waals surface area contributed by atoms with Crippen LogP contribution in [0.2, 0.25) is 0 Å². The van der Waals surface area contributed by atoms with Crippen molar-refractivity contribution in [1.29, 1.82) is 0 Å². The number of pyridine rings is 1. The lowest BCUT2D eigenvalue weighted by molar-refractivity contribution is -0.134. The Balaban J connectivity index is 2.87. The van der Waals surface area contributed by atoms with Crippen molar-refractivity contribution in [2.45, 2.75) is 40.3 Å². The Kier molecular flexibility index (Phi) is 5.15. The SMILES string of the molecule is CC(C)CN(C(=O)Cn1cc(N)ccc1=O)C(C)C. The molecular formula is C14H23N3O2. The first-order chi connectivity index (χ1) is 8.81. The van der Waals surface area contributed by atoms with E-state index in [-0.39, 0.29) is 24.1 Å². The quantitative estimate of drug-likeness (QED) is 0.873. The fourth-order valence-corrected chi connectivity index (χ4v) is 1.90. The van der Waals surface area contributed by atoms with Crippen LogP contribution in [0.5, 0.6) is 0 Å². The Morgan fingerprint density at radius 1 is 1.32 bits per heavy atom. The lowest BCUT2D eigenvalue weighted by Gasteiger charge is -2.28. The molecule has 0 radical (unpaired) electrons. The van der Waals surface area contributed by atoms with Gasteiger partial charge in [-0.05, 0) is 25.8 Å². The number of hydrogen-bond donors (Lipinski definition) is 1. The van der Waals surface area contributed by atoms with Crippen LogP contribution in [0.15, 0.2) is 23.1 Å². The molecule has 0 aliphatic rings. The average molecular weight is 265 g/mol. The van der Waals surface area contributed by atoms with E-state index in [9.17, 15) is 9.59 Å². The molecule has 1 aromatic heterocycles. The second-order valence-corrected chi connectivity index (χ2v) is 5.46. The summed E-state index contributed by atoms with van der Waals surface area (Å²) in [5.41, 5.74) is 5.90. The van der Waals surface area contributed by atoms with Gasteiger partial charge in [0.25, 0.3) is 5.56 Å². The maximum Gasteiger partial charge on any atom is 0.251 e. The van der Waals surface area contributed by atoms with Crippen LogP contribution >= 0.6 is 0 Å². The largest absolute Gasteiger partial charge is 0.398 e. The van der Waals surface area contributed by atoms with Crippen LogP contribution in [0.25, 0.3) is 0 Å². The molecule has 1 rings (SSSR count). The van der Waals surface area contributed by atoms with Crippen LogP contribution in [0.3, 0.4) is 0 Å². The zero-order valence-electron chi connectivity index (χ0n) is 12.1. The molecule has 5 nitrogen and oxygen atoms in total. The van der Waals surface area contributed by atoms with Crippen LogP contribution in [-0.4, -0.2) is 28.0 Å². The number of anilines is 1. The van der Waals surface area contributed by atoms with Gasteiger partial charge in [-0.25, -0.2) is 0 Å². The minimum atomic E-state index is -0.212. The number of hydrogen-bond acceptors (Lipinski definition) is 3. The van der Waals surface area contributed by atoms with E-state index in [0.717, 1.165) is 0 Å². The molecule has 0 saturated heterocycles. The smallest absolute Gasteiger partial charge is 0.251 e. The second-order valence-electron chi connectivity index (χ2n) is 5.46. The normalized spacial score (nSPS) is 11.1. The first kappa shape index (κ1) is 15.3. The predicted octanol–water partition coefficient (Wildman–Crippen LogP) is 1.32. The van der Waals surface area contributed by atoms with Gasteiger partial charge < -0.3 is 15.2 Å². The van der Waals surface area contributed by atoms with Crippen molar-refractivity contribution in [3.05, 3.63) is 28.7 Å². The number of nitrogens with two attached hydrogens (primary N) is 1. The van der Waals surface area contributed by atoms with Gasteiger partial charge in [-0.3, -0.25) is 9.59 Å². The topological polar surface area (TPSA) is 68.3 Å². The van der Waals surface area contributed by atoms with E-state index in [2.05, 4.69) is 13.8 Å². The number of amides is 1. The molecule has 0 fully saturated rings. The summed E-state index contributed by atoms with van der Waals surface area (Å²) >= 11 is 0. The Hall–Kier alpha value is -1.78. The molecule has 1 aromatic rings. The van der Waals surface area contributed by atoms with Crippen LogP contribution in [-0.2, 0) is 11.3 Å². The van der Waals surface area contributed by atoms with Gasteiger partial charge in [0.15, 0.2) is 0 Å². The van der Waals surface area contributed by atoms with Crippen molar-refractivity contribution in [3.8, 4) is 0 Å². The molecule has 0 aromatic carbocycles. The van der Waals surface area contributed by atoms with E-state index in [1.54, 1.807) is 4.90 Å². The van der Waals surface area contributed by atoms with Crippen LogP contribution in [0.4, 0.5) is 5.69 Å². The maximum atomic E-state index is 12.3. The summed E-state index contributed by atoms with van der Waals surface area (Å²) in [6.45, 7) is 8.80. The zero-order chi connectivity index (χ0) is 14.6. The van der Waals surface area contributed by atoms with Gasteiger partial charge >= 0.3 is 0 Å². The van der Waals surface area contributed by atoms with Gasteiger partial charge in [0.05, 0.1) is 0 Å². The molecule has 5 heteroatoms. The third-order valence-corrected chi connectivity index (χ3v) is 2.82. The summed E-state index contributed by atoms with van der Waals surface area (Å²) in [5, 5.41) is 0. The Morgan fingerprint density at radius 2 is 1.95 bits per heavy atom. The summed E-state index contributed by atoms with van der Waals surface area (Å²) < 4.78 is 1.35. The van der Waals surface area contributed by atoms with Gasteiger partial charge in [-0.15, -0.1) is 0 Å². The minimum Gasteiger partial charge on any atom is -0.398 e. The molecule has 0 unspecified atom stereocenters. The number of nitrogens with zero attached hydrogens (tertiary/aromatic N) is 2. The molecule has 2 N–H and O–H groups in total. The summed E-state index contributed by atoms with van der Waals surface area (Å²) in [6, 6.07) is 3.04. The standard InChI is InChI=1S/C14H23N3O2/c1-10(2)7-17(11(3)4)14(19)9-16-8-12(15)5-6-13(16)18/h5-6,8,10-11H,7,9,15H2,1-4H3. The van der Waals surface area contributed by atoms with Crippen molar-refractivity contribution in [1.82, 2.24) is 9.47 Å². The number of aromatic nitrogens is 1. The van der Waals surface area contributed by atoms with Crippen LogP contribution in [0.1, 0.15) is 27.7 Å². The first-order valence-electron chi connectivity index (χ1n) is 6.56. The van der Waals surface area contributed by atoms with Crippen LogP contribution < -0.4 is 11.3 Å². The van der Waals surface area contributed by atoms with E-state index in [4.69, 9.17) is 5.73 Å². The third-order valence-electron chi connectivity index (χ3n) is 2.82. The number of rotatable bonds is 5. The summed E-state index contributed by atoms with van der Waals surface area (Å²) in [4.78, 5) is 25.7. The predicted molar refractivity (Wildman–Crippen MR) is 76.8 cm³/mol. The van der Waals surface area contributed by atoms with Crippen molar-refractivity contribution in [2.75, 3.05) is 12.3 Å². The third kappa shape index (κ3) is 4.43. The number of carbonyl (C=O) groups excluding carboxylic acids is 1. The van der Waals surface area contributed by atoms with Crippen LogP contribution in [0, 0.1) is 5.92 Å². The Morgan fingerprint density at radius 3 is 2.47 bits per heavy atom. The van der Waals surface area contributed by atoms with Gasteiger partial charge in [0.1, 0.15) is 6.54 Å². The monoisotopic (exact) mass is 265 g/mol. The zero-order valence-corrected chi connectivity index (χ0v) is 12.1. The molecule has 0 spiro atoms. The lowest BCUT2D eigenvalue weighted by atomic mass is 10.1. The van der Waals surface area contributed by atoms with Crippen molar-refractivity contribution in [3.63, 3.8) is 0 Å².